The Hall–Kier alpha value is -2.12. The summed E-state index contributed by atoms with van der Waals surface area (Å²) in [5.74, 6) is 1.12. The van der Waals surface area contributed by atoms with Gasteiger partial charge in [-0.25, -0.2) is 15.0 Å². The standard InChI is InChI=1S/C17H20ClN5O2/c1-24-17-14(18)6-11(7-20-17)23-5-3-15-13(9-23)16(22-10-21-15)25-12-2-4-19-8-12/h6-7,10,12,19H,2-5,8-9H2,1H3/t12-/m0/s1. The molecule has 8 heteroatoms. The molecule has 2 aliphatic heterocycles. The number of nitrogens with one attached hydrogen (secondary N) is 1. The lowest BCUT2D eigenvalue weighted by molar-refractivity contribution is 0.210. The van der Waals surface area contributed by atoms with Crippen LogP contribution in [0.15, 0.2) is 18.6 Å². The smallest absolute Gasteiger partial charge is 0.232 e. The molecule has 0 aliphatic carbocycles. The van der Waals surface area contributed by atoms with Crippen LogP contribution in [0.25, 0.3) is 0 Å². The first-order valence-corrected chi connectivity index (χ1v) is 8.77. The molecule has 25 heavy (non-hydrogen) atoms. The van der Waals surface area contributed by atoms with Gasteiger partial charge in [0.25, 0.3) is 0 Å². The van der Waals surface area contributed by atoms with Crippen LogP contribution in [0.1, 0.15) is 17.7 Å². The SMILES string of the molecule is COc1ncc(N2CCc3ncnc(O[C@H]4CCNC4)c3C2)cc1Cl. The average Bonchev–Trinajstić information content (AvgIpc) is 3.15. The topological polar surface area (TPSA) is 72.4 Å². The minimum Gasteiger partial charge on any atom is -0.480 e. The summed E-state index contributed by atoms with van der Waals surface area (Å²) in [6.45, 7) is 3.37. The molecule has 0 saturated carbocycles. The van der Waals surface area contributed by atoms with Crippen molar-refractivity contribution in [1.82, 2.24) is 20.3 Å². The fourth-order valence-corrected chi connectivity index (χ4v) is 3.50. The van der Waals surface area contributed by atoms with Gasteiger partial charge in [-0.3, -0.25) is 0 Å². The van der Waals surface area contributed by atoms with Crippen LogP contribution < -0.4 is 19.7 Å². The van der Waals surface area contributed by atoms with Gasteiger partial charge >= 0.3 is 0 Å². The van der Waals surface area contributed by atoms with Crippen molar-refractivity contribution >= 4 is 17.3 Å². The van der Waals surface area contributed by atoms with Crippen molar-refractivity contribution in [3.8, 4) is 11.8 Å². The third-order valence-electron chi connectivity index (χ3n) is 4.61. The van der Waals surface area contributed by atoms with E-state index in [0.29, 0.717) is 23.3 Å². The minimum atomic E-state index is 0.173. The summed E-state index contributed by atoms with van der Waals surface area (Å²) in [4.78, 5) is 15.3. The molecule has 0 aromatic carbocycles. The lowest BCUT2D eigenvalue weighted by Gasteiger charge is -2.31. The van der Waals surface area contributed by atoms with Crippen molar-refractivity contribution in [1.29, 1.82) is 0 Å². The van der Waals surface area contributed by atoms with Crippen LogP contribution in [0.3, 0.4) is 0 Å². The Morgan fingerprint density at radius 1 is 1.28 bits per heavy atom. The van der Waals surface area contributed by atoms with E-state index in [1.807, 2.05) is 6.07 Å². The van der Waals surface area contributed by atoms with Gasteiger partial charge in [0.2, 0.25) is 11.8 Å². The molecular formula is C17H20ClN5O2. The van der Waals surface area contributed by atoms with E-state index in [2.05, 4.69) is 25.2 Å². The van der Waals surface area contributed by atoms with E-state index in [-0.39, 0.29) is 6.10 Å². The van der Waals surface area contributed by atoms with Crippen molar-refractivity contribution in [2.24, 2.45) is 0 Å². The van der Waals surface area contributed by atoms with E-state index >= 15 is 0 Å². The maximum Gasteiger partial charge on any atom is 0.232 e. The number of aromatic nitrogens is 3. The predicted octanol–water partition coefficient (Wildman–Crippen LogP) is 1.84. The highest BCUT2D eigenvalue weighted by atomic mass is 35.5. The molecule has 7 nitrogen and oxygen atoms in total. The molecule has 1 N–H and O–H groups in total. The molecule has 1 atom stereocenters. The first kappa shape index (κ1) is 16.4. The molecule has 4 heterocycles. The highest BCUT2D eigenvalue weighted by Crippen LogP contribution is 2.32. The van der Waals surface area contributed by atoms with Gasteiger partial charge in [-0.2, -0.15) is 0 Å². The molecule has 0 bridgehead atoms. The Morgan fingerprint density at radius 3 is 2.96 bits per heavy atom. The van der Waals surface area contributed by atoms with Crippen LogP contribution in [0, 0.1) is 0 Å². The van der Waals surface area contributed by atoms with Crippen LogP contribution in [0.2, 0.25) is 5.02 Å². The maximum absolute atomic E-state index is 6.22. The summed E-state index contributed by atoms with van der Waals surface area (Å²) >= 11 is 6.22. The van der Waals surface area contributed by atoms with Gasteiger partial charge < -0.3 is 19.7 Å². The molecule has 1 saturated heterocycles. The molecule has 2 aromatic rings. The molecule has 132 valence electrons. The number of halogens is 1. The Balaban J connectivity index is 1.58. The van der Waals surface area contributed by atoms with Crippen molar-refractivity contribution < 1.29 is 9.47 Å². The summed E-state index contributed by atoms with van der Waals surface area (Å²) in [7, 11) is 1.56. The van der Waals surface area contributed by atoms with Gasteiger partial charge in [-0.15, -0.1) is 0 Å². The summed E-state index contributed by atoms with van der Waals surface area (Å²) in [6, 6.07) is 1.88. The number of methoxy groups -OCH3 is 1. The second-order valence-corrected chi connectivity index (χ2v) is 6.60. The Labute approximate surface area is 151 Å². The molecule has 1 fully saturated rings. The van der Waals surface area contributed by atoms with Gasteiger partial charge in [0.15, 0.2) is 0 Å². The number of pyridine rings is 1. The van der Waals surface area contributed by atoms with Crippen LogP contribution in [0.4, 0.5) is 5.69 Å². The summed E-state index contributed by atoms with van der Waals surface area (Å²) in [5, 5.41) is 3.81. The molecule has 0 amide bonds. The zero-order valence-electron chi connectivity index (χ0n) is 14.0. The Morgan fingerprint density at radius 2 is 2.20 bits per heavy atom. The quantitative estimate of drug-likeness (QED) is 0.890. The molecule has 0 radical (unpaired) electrons. The van der Waals surface area contributed by atoms with Crippen LogP contribution in [-0.4, -0.2) is 47.8 Å². The van der Waals surface area contributed by atoms with Crippen LogP contribution in [0.5, 0.6) is 11.8 Å². The zero-order chi connectivity index (χ0) is 17.2. The summed E-state index contributed by atoms with van der Waals surface area (Å²) in [6.07, 6.45) is 5.38. The molecule has 2 aromatic heterocycles. The fraction of sp³-hybridized carbons (Fsp3) is 0.471. The van der Waals surface area contributed by atoms with E-state index in [9.17, 15) is 0 Å². The number of nitrogens with zero attached hydrogens (tertiary/aromatic N) is 4. The maximum atomic E-state index is 6.22. The number of hydrogen-bond acceptors (Lipinski definition) is 7. The van der Waals surface area contributed by atoms with Crippen LogP contribution >= 0.6 is 11.6 Å². The predicted molar refractivity (Wildman–Crippen MR) is 94.5 cm³/mol. The van der Waals surface area contributed by atoms with Gasteiger partial charge in [-0.05, 0) is 19.0 Å². The second kappa shape index (κ2) is 7.01. The van der Waals surface area contributed by atoms with Crippen LogP contribution in [-0.2, 0) is 13.0 Å². The van der Waals surface area contributed by atoms with E-state index in [1.54, 1.807) is 19.6 Å². The largest absolute Gasteiger partial charge is 0.480 e. The second-order valence-electron chi connectivity index (χ2n) is 6.19. The molecule has 0 spiro atoms. The van der Waals surface area contributed by atoms with E-state index in [1.165, 1.54) is 0 Å². The zero-order valence-corrected chi connectivity index (χ0v) is 14.8. The Kier molecular flexibility index (Phi) is 4.59. The van der Waals surface area contributed by atoms with Crippen molar-refractivity contribution in [2.45, 2.75) is 25.5 Å². The number of anilines is 1. The summed E-state index contributed by atoms with van der Waals surface area (Å²) in [5.41, 5.74) is 3.06. The lowest BCUT2D eigenvalue weighted by Crippen LogP contribution is -2.32. The van der Waals surface area contributed by atoms with Crippen molar-refractivity contribution in [3.63, 3.8) is 0 Å². The summed E-state index contributed by atoms with van der Waals surface area (Å²) < 4.78 is 11.2. The number of rotatable bonds is 4. The monoisotopic (exact) mass is 361 g/mol. The molecule has 0 unspecified atom stereocenters. The number of fused-ring (bicyclic) bond motifs is 1. The van der Waals surface area contributed by atoms with E-state index in [4.69, 9.17) is 21.1 Å². The van der Waals surface area contributed by atoms with Gasteiger partial charge in [0, 0.05) is 19.5 Å². The highest BCUT2D eigenvalue weighted by molar-refractivity contribution is 6.32. The molecule has 4 rings (SSSR count). The average molecular weight is 362 g/mol. The Bertz CT molecular complexity index is 767. The van der Waals surface area contributed by atoms with Gasteiger partial charge in [-0.1, -0.05) is 11.6 Å². The third kappa shape index (κ3) is 3.34. The fourth-order valence-electron chi connectivity index (χ4n) is 3.26. The molecule has 2 aliphatic rings. The van der Waals surface area contributed by atoms with Gasteiger partial charge in [0.05, 0.1) is 36.8 Å². The first-order valence-electron chi connectivity index (χ1n) is 8.39. The lowest BCUT2D eigenvalue weighted by atomic mass is 10.1. The first-order chi connectivity index (χ1) is 12.2. The van der Waals surface area contributed by atoms with Crippen molar-refractivity contribution in [2.75, 3.05) is 31.6 Å². The number of hydrogen-bond donors (Lipinski definition) is 1. The van der Waals surface area contributed by atoms with E-state index in [0.717, 1.165) is 49.4 Å². The minimum absolute atomic E-state index is 0.173. The number of ether oxygens (including phenoxy) is 2. The highest BCUT2D eigenvalue weighted by Gasteiger charge is 2.25. The van der Waals surface area contributed by atoms with Gasteiger partial charge in [0.1, 0.15) is 17.5 Å². The third-order valence-corrected chi connectivity index (χ3v) is 4.88. The normalized spacial score (nSPS) is 19.6. The van der Waals surface area contributed by atoms with E-state index < -0.39 is 0 Å². The van der Waals surface area contributed by atoms with Crippen molar-refractivity contribution in [3.05, 3.63) is 34.9 Å². The molecular weight excluding hydrogens is 342 g/mol.